The van der Waals surface area contributed by atoms with Gasteiger partial charge in [-0.15, -0.1) is 0 Å². The number of carbonyl (C=O) groups excluding carboxylic acids is 5. The van der Waals surface area contributed by atoms with Crippen molar-refractivity contribution in [2.24, 2.45) is 0 Å². The van der Waals surface area contributed by atoms with E-state index in [2.05, 4.69) is 5.32 Å². The van der Waals surface area contributed by atoms with Gasteiger partial charge in [0.15, 0.2) is 0 Å². The van der Waals surface area contributed by atoms with Crippen LogP contribution in [0.5, 0.6) is 0 Å². The largest absolute Gasteiger partial charge is 0.325 e. The molecule has 0 radical (unpaired) electrons. The molecular formula is C24H28N4O5. The number of amides is 6. The monoisotopic (exact) mass is 452 g/mol. The van der Waals surface area contributed by atoms with Crippen molar-refractivity contribution in [3.8, 4) is 0 Å². The van der Waals surface area contributed by atoms with Gasteiger partial charge in [0.05, 0.1) is 11.1 Å². The average molecular weight is 453 g/mol. The highest BCUT2D eigenvalue weighted by Gasteiger charge is 2.44. The van der Waals surface area contributed by atoms with Crippen molar-refractivity contribution in [3.05, 3.63) is 34.9 Å². The number of nitrogens with one attached hydrogen (secondary N) is 1. The molecule has 0 aromatic heterocycles. The van der Waals surface area contributed by atoms with Gasteiger partial charge in [-0.05, 0) is 62.1 Å². The predicted molar refractivity (Wildman–Crippen MR) is 117 cm³/mol. The molecule has 0 spiro atoms. The Labute approximate surface area is 192 Å². The lowest BCUT2D eigenvalue weighted by Gasteiger charge is -2.37. The Kier molecular flexibility index (Phi) is 5.64. The smallest absolute Gasteiger partial charge is 0.319 e. The number of fused-ring (bicyclic) bond motifs is 1. The van der Waals surface area contributed by atoms with E-state index in [1.807, 2.05) is 15.9 Å². The zero-order chi connectivity index (χ0) is 23.1. The minimum Gasteiger partial charge on any atom is -0.325 e. The van der Waals surface area contributed by atoms with Crippen molar-refractivity contribution in [3.63, 3.8) is 0 Å². The standard InChI is InChI=1S/C24H28N4O5/c29-20-7-6-19(21(30)25-20)28-22(31)17-5-4-16(14-18(17)23(28)32)15-8-12-27(13-9-15)24(33)26-10-2-1-3-11-26/h4-5,14-15,19H,1-3,6-13H2,(H,25,29,30). The Morgan fingerprint density at radius 3 is 2.18 bits per heavy atom. The molecule has 9 heteroatoms. The third-order valence-corrected chi connectivity index (χ3v) is 7.33. The topological polar surface area (TPSA) is 107 Å². The van der Waals surface area contributed by atoms with Gasteiger partial charge in [-0.1, -0.05) is 6.07 Å². The lowest BCUT2D eigenvalue weighted by atomic mass is 9.88. The summed E-state index contributed by atoms with van der Waals surface area (Å²) in [6.45, 7) is 3.02. The maximum Gasteiger partial charge on any atom is 0.319 e. The van der Waals surface area contributed by atoms with E-state index in [1.54, 1.807) is 12.1 Å². The van der Waals surface area contributed by atoms with E-state index in [-0.39, 0.29) is 30.7 Å². The van der Waals surface area contributed by atoms with E-state index in [0.717, 1.165) is 49.2 Å². The fourth-order valence-electron chi connectivity index (χ4n) is 5.43. The van der Waals surface area contributed by atoms with Gasteiger partial charge >= 0.3 is 6.03 Å². The molecule has 6 amide bonds. The SMILES string of the molecule is O=C1CCC(N2C(=O)c3ccc(C4CCN(C(=O)N5CCCCC5)CC4)cc3C2=O)C(=O)N1. The first kappa shape index (κ1) is 21.6. The number of hydrogen-bond donors (Lipinski definition) is 1. The number of hydrogen-bond acceptors (Lipinski definition) is 5. The molecule has 5 rings (SSSR count). The molecule has 4 heterocycles. The highest BCUT2D eigenvalue weighted by molar-refractivity contribution is 6.23. The number of nitrogens with zero attached hydrogens (tertiary/aromatic N) is 3. The fourth-order valence-corrected chi connectivity index (χ4v) is 5.43. The first-order valence-electron chi connectivity index (χ1n) is 11.8. The molecule has 1 aromatic rings. The second-order valence-corrected chi connectivity index (χ2v) is 9.34. The van der Waals surface area contributed by atoms with Crippen LogP contribution >= 0.6 is 0 Å². The molecule has 1 atom stereocenters. The van der Waals surface area contributed by atoms with Crippen molar-refractivity contribution in [2.45, 2.75) is 56.9 Å². The maximum absolute atomic E-state index is 13.1. The van der Waals surface area contributed by atoms with E-state index in [4.69, 9.17) is 0 Å². The fraction of sp³-hybridized carbons (Fsp3) is 0.542. The van der Waals surface area contributed by atoms with Gasteiger partial charge < -0.3 is 9.80 Å². The van der Waals surface area contributed by atoms with E-state index < -0.39 is 23.8 Å². The Morgan fingerprint density at radius 1 is 0.818 bits per heavy atom. The zero-order valence-electron chi connectivity index (χ0n) is 18.5. The minimum atomic E-state index is -0.956. The number of piperidine rings is 3. The summed E-state index contributed by atoms with van der Waals surface area (Å²) in [6.07, 6.45) is 5.18. The average Bonchev–Trinajstić information content (AvgIpc) is 3.09. The molecule has 1 N–H and O–H groups in total. The summed E-state index contributed by atoms with van der Waals surface area (Å²) in [5.74, 6) is -1.76. The van der Waals surface area contributed by atoms with E-state index in [1.165, 1.54) is 6.42 Å². The normalized spacial score (nSPS) is 24.2. The zero-order valence-corrected chi connectivity index (χ0v) is 18.5. The van der Waals surface area contributed by atoms with Crippen LogP contribution < -0.4 is 5.32 Å². The Morgan fingerprint density at radius 2 is 1.48 bits per heavy atom. The van der Waals surface area contributed by atoms with Crippen LogP contribution in [0.1, 0.15) is 77.1 Å². The summed E-state index contributed by atoms with van der Waals surface area (Å²) in [7, 11) is 0. The van der Waals surface area contributed by atoms with Gasteiger partial charge in [0.2, 0.25) is 11.8 Å². The Hall–Kier alpha value is -3.23. The number of rotatable bonds is 2. The van der Waals surface area contributed by atoms with E-state index in [9.17, 15) is 24.0 Å². The molecule has 174 valence electrons. The van der Waals surface area contributed by atoms with Crippen molar-refractivity contribution in [1.29, 1.82) is 0 Å². The van der Waals surface area contributed by atoms with Crippen LogP contribution in [-0.2, 0) is 9.59 Å². The van der Waals surface area contributed by atoms with Crippen LogP contribution in [-0.4, -0.2) is 76.6 Å². The summed E-state index contributed by atoms with van der Waals surface area (Å²) in [6, 6.07) is 4.49. The van der Waals surface area contributed by atoms with E-state index in [0.29, 0.717) is 24.2 Å². The number of imide groups is 2. The highest BCUT2D eigenvalue weighted by Crippen LogP contribution is 2.34. The van der Waals surface area contributed by atoms with Crippen LogP contribution in [0.25, 0.3) is 0 Å². The van der Waals surface area contributed by atoms with Gasteiger partial charge in [-0.3, -0.25) is 29.4 Å². The summed E-state index contributed by atoms with van der Waals surface area (Å²) in [5, 5.41) is 2.21. The van der Waals surface area contributed by atoms with Crippen molar-refractivity contribution in [1.82, 2.24) is 20.0 Å². The number of urea groups is 1. The molecule has 33 heavy (non-hydrogen) atoms. The summed E-state index contributed by atoms with van der Waals surface area (Å²) < 4.78 is 0. The van der Waals surface area contributed by atoms with Crippen molar-refractivity contribution >= 4 is 29.7 Å². The van der Waals surface area contributed by atoms with E-state index >= 15 is 0 Å². The van der Waals surface area contributed by atoms with Crippen LogP contribution in [0.2, 0.25) is 0 Å². The van der Waals surface area contributed by atoms with Crippen molar-refractivity contribution in [2.75, 3.05) is 26.2 Å². The minimum absolute atomic E-state index is 0.101. The molecule has 0 aliphatic carbocycles. The summed E-state index contributed by atoms with van der Waals surface area (Å²) >= 11 is 0. The van der Waals surface area contributed by atoms with Crippen LogP contribution in [0.3, 0.4) is 0 Å². The summed E-state index contributed by atoms with van der Waals surface area (Å²) in [5.41, 5.74) is 1.59. The lowest BCUT2D eigenvalue weighted by Crippen LogP contribution is -2.54. The molecule has 4 aliphatic rings. The third-order valence-electron chi connectivity index (χ3n) is 7.33. The van der Waals surface area contributed by atoms with Crippen molar-refractivity contribution < 1.29 is 24.0 Å². The molecule has 3 saturated heterocycles. The molecule has 9 nitrogen and oxygen atoms in total. The van der Waals surface area contributed by atoms with Gasteiger partial charge in [-0.2, -0.15) is 0 Å². The summed E-state index contributed by atoms with van der Waals surface area (Å²) in [4.78, 5) is 67.3. The molecule has 0 saturated carbocycles. The van der Waals surface area contributed by atoms with Crippen LogP contribution in [0, 0.1) is 0 Å². The number of carbonyl (C=O) groups is 5. The maximum atomic E-state index is 13.1. The van der Waals surface area contributed by atoms with Gasteiger partial charge in [0.25, 0.3) is 11.8 Å². The number of likely N-dealkylation sites (tertiary alicyclic amines) is 2. The van der Waals surface area contributed by atoms with Crippen LogP contribution in [0.4, 0.5) is 4.79 Å². The first-order chi connectivity index (χ1) is 15.9. The van der Waals surface area contributed by atoms with Crippen LogP contribution in [0.15, 0.2) is 18.2 Å². The lowest BCUT2D eigenvalue weighted by molar-refractivity contribution is -0.136. The first-order valence-corrected chi connectivity index (χ1v) is 11.8. The second kappa shape index (κ2) is 8.61. The van der Waals surface area contributed by atoms with Gasteiger partial charge in [0, 0.05) is 32.6 Å². The van der Waals surface area contributed by atoms with Gasteiger partial charge in [-0.25, -0.2) is 4.79 Å². The van der Waals surface area contributed by atoms with Gasteiger partial charge in [0.1, 0.15) is 6.04 Å². The molecule has 1 aromatic carbocycles. The molecular weight excluding hydrogens is 424 g/mol. The molecule has 3 fully saturated rings. The molecule has 4 aliphatic heterocycles. The predicted octanol–water partition coefficient (Wildman–Crippen LogP) is 1.87. The quantitative estimate of drug-likeness (QED) is 0.690. The Balaban J connectivity index is 1.27. The molecule has 1 unspecified atom stereocenters. The molecule has 0 bridgehead atoms. The number of benzene rings is 1. The third kappa shape index (κ3) is 3.89. The highest BCUT2D eigenvalue weighted by atomic mass is 16.2. The second-order valence-electron chi connectivity index (χ2n) is 9.34. The Bertz CT molecular complexity index is 1020.